The molecule has 8 nitrogen and oxygen atoms in total. The van der Waals surface area contributed by atoms with E-state index >= 15 is 0 Å². The third kappa shape index (κ3) is 4.90. The van der Waals surface area contributed by atoms with E-state index in [-0.39, 0.29) is 44.7 Å². The number of aliphatic hydroxyl groups is 4. The fraction of sp³-hybridized carbons (Fsp3) is 1.00. The Morgan fingerprint density at radius 3 is 1.16 bits per heavy atom. The number of aliphatic hydroxyl groups excluding tert-OH is 2. The predicted octanol–water partition coefficient (Wildman–Crippen LogP) is 7.27. The van der Waals surface area contributed by atoms with Crippen LogP contribution in [0.25, 0.3) is 0 Å². The lowest BCUT2D eigenvalue weighted by atomic mass is 9.39. The van der Waals surface area contributed by atoms with Gasteiger partial charge in [-0.3, -0.25) is 0 Å². The number of rotatable bonds is 0. The van der Waals surface area contributed by atoms with Crippen LogP contribution < -0.4 is 0 Å². The number of fused-ring (bicyclic) bond motifs is 10. The lowest BCUT2D eigenvalue weighted by Crippen LogP contribution is -2.67. The SMILES string of the molecule is CC1(C)OCC[C@]2(C)[C@H]3CC[C@@]4(O)[C@H](O)CC[C@@]4(C)[C@]3(C)CC[C@H]2O1.CC1(C)OCC[C@]2(C)[C@H]3CC[C@@]4(O)[C@H](O)CC[C@@]4(C)[C@]3(C)CC[C@H]2O1. The molecule has 8 rings (SSSR count). The Morgan fingerprint density at radius 1 is 0.440 bits per heavy atom. The van der Waals surface area contributed by atoms with Crippen LogP contribution >= 0.6 is 0 Å². The molecular weight excluding hydrogens is 632 g/mol. The van der Waals surface area contributed by atoms with Crippen molar-refractivity contribution < 1.29 is 39.4 Å². The van der Waals surface area contributed by atoms with E-state index in [1.807, 2.05) is 27.7 Å². The monoisotopic (exact) mass is 705 g/mol. The molecule has 0 amide bonds. The van der Waals surface area contributed by atoms with Gasteiger partial charge in [-0.05, 0) is 151 Å². The topological polar surface area (TPSA) is 118 Å². The molecule has 2 saturated heterocycles. The largest absolute Gasteiger partial charge is 0.390 e. The summed E-state index contributed by atoms with van der Waals surface area (Å²) in [5.41, 5.74) is -2.11. The van der Waals surface area contributed by atoms with Gasteiger partial charge in [0.05, 0.1) is 48.8 Å². The third-order valence-electron chi connectivity index (χ3n) is 18.5. The molecule has 8 heteroatoms. The van der Waals surface area contributed by atoms with Gasteiger partial charge >= 0.3 is 0 Å². The van der Waals surface area contributed by atoms with E-state index in [4.69, 9.17) is 18.9 Å². The molecule has 2 heterocycles. The maximum absolute atomic E-state index is 11.5. The molecule has 288 valence electrons. The summed E-state index contributed by atoms with van der Waals surface area (Å²) < 4.78 is 24.9. The smallest absolute Gasteiger partial charge is 0.163 e. The van der Waals surface area contributed by atoms with Crippen LogP contribution in [-0.2, 0) is 18.9 Å². The van der Waals surface area contributed by atoms with Crippen LogP contribution in [0.1, 0.15) is 159 Å². The highest BCUT2D eigenvalue weighted by Crippen LogP contribution is 2.74. The van der Waals surface area contributed by atoms with Gasteiger partial charge in [0.1, 0.15) is 0 Å². The molecule has 0 aromatic rings. The molecule has 0 aromatic heterocycles. The molecule has 0 radical (unpaired) electrons. The number of ether oxygens (including phenoxy) is 4. The molecular formula is C42H72O8. The maximum atomic E-state index is 11.5. The van der Waals surface area contributed by atoms with Gasteiger partial charge in [-0.1, -0.05) is 41.5 Å². The predicted molar refractivity (Wildman–Crippen MR) is 192 cm³/mol. The number of hydrogen-bond donors (Lipinski definition) is 4. The molecule has 4 N–H and O–H groups in total. The van der Waals surface area contributed by atoms with Crippen LogP contribution in [0, 0.1) is 44.3 Å². The van der Waals surface area contributed by atoms with E-state index in [1.165, 1.54) is 0 Å². The summed E-state index contributed by atoms with van der Waals surface area (Å²) in [6.07, 6.45) is 12.1. The van der Waals surface area contributed by atoms with Crippen LogP contribution in [-0.4, -0.2) is 80.8 Å². The van der Waals surface area contributed by atoms with Crippen molar-refractivity contribution in [2.75, 3.05) is 13.2 Å². The molecule has 14 atom stereocenters. The van der Waals surface area contributed by atoms with Crippen LogP contribution in [0.15, 0.2) is 0 Å². The Bertz CT molecular complexity index is 1220. The number of hydrogen-bond acceptors (Lipinski definition) is 8. The second kappa shape index (κ2) is 11.6. The normalized spacial score (nSPS) is 58.0. The zero-order valence-electron chi connectivity index (χ0n) is 33.2. The summed E-state index contributed by atoms with van der Waals surface area (Å²) >= 11 is 0. The fourth-order valence-electron chi connectivity index (χ4n) is 14.9. The van der Waals surface area contributed by atoms with Crippen molar-refractivity contribution in [3.05, 3.63) is 0 Å². The first-order chi connectivity index (χ1) is 23.0. The summed E-state index contributed by atoms with van der Waals surface area (Å²) in [4.78, 5) is 0. The zero-order valence-corrected chi connectivity index (χ0v) is 33.2. The molecule has 2 aliphatic heterocycles. The van der Waals surface area contributed by atoms with Gasteiger partial charge in [0.2, 0.25) is 0 Å². The van der Waals surface area contributed by atoms with Crippen LogP contribution in [0.2, 0.25) is 0 Å². The van der Waals surface area contributed by atoms with E-state index in [0.29, 0.717) is 24.7 Å². The summed E-state index contributed by atoms with van der Waals surface area (Å²) in [6.45, 7) is 23.6. The quantitative estimate of drug-likeness (QED) is 0.208. The Morgan fingerprint density at radius 2 is 0.800 bits per heavy atom. The lowest BCUT2D eigenvalue weighted by molar-refractivity contribution is -0.281. The summed E-state index contributed by atoms with van der Waals surface area (Å²) in [5, 5.41) is 44.0. The van der Waals surface area contributed by atoms with Crippen molar-refractivity contribution in [1.82, 2.24) is 0 Å². The first kappa shape index (κ1) is 38.0. The van der Waals surface area contributed by atoms with E-state index in [0.717, 1.165) is 90.3 Å². The lowest BCUT2D eigenvalue weighted by Gasteiger charge is -2.67. The van der Waals surface area contributed by atoms with E-state index in [9.17, 15) is 20.4 Å². The average molecular weight is 705 g/mol. The standard InChI is InChI=1S/2C21H36O4/c2*1-17(2)24-13-12-18(3)14-6-11-21(23)15(22)7-10-20(21,5)19(14,4)9-8-16(18)25-17/h2*14-16,22-23H,6-13H2,1-5H3/t2*14-,15-,16-,18-,19-,20+,21-/m11/s1. The second-order valence-corrected chi connectivity index (χ2v) is 20.9. The highest BCUT2D eigenvalue weighted by molar-refractivity contribution is 5.23. The molecule has 8 aliphatic rings. The highest BCUT2D eigenvalue weighted by atomic mass is 16.7. The van der Waals surface area contributed by atoms with Crippen molar-refractivity contribution in [1.29, 1.82) is 0 Å². The molecule has 0 bridgehead atoms. The highest BCUT2D eigenvalue weighted by Gasteiger charge is 2.73. The summed E-state index contributed by atoms with van der Waals surface area (Å²) in [5.74, 6) is -0.0448. The molecule has 8 fully saturated rings. The third-order valence-corrected chi connectivity index (χ3v) is 18.5. The molecule has 50 heavy (non-hydrogen) atoms. The van der Waals surface area contributed by atoms with E-state index in [1.54, 1.807) is 0 Å². The van der Waals surface area contributed by atoms with E-state index in [2.05, 4.69) is 41.5 Å². The van der Waals surface area contributed by atoms with Crippen molar-refractivity contribution in [3.63, 3.8) is 0 Å². The maximum Gasteiger partial charge on any atom is 0.163 e. The van der Waals surface area contributed by atoms with Gasteiger partial charge in [-0.25, -0.2) is 0 Å². The average Bonchev–Trinajstić information content (AvgIpc) is 3.29. The molecule has 6 aliphatic carbocycles. The Hall–Kier alpha value is -0.320. The minimum absolute atomic E-state index is 0.0283. The van der Waals surface area contributed by atoms with E-state index < -0.39 is 35.0 Å². The van der Waals surface area contributed by atoms with Gasteiger partial charge in [-0.2, -0.15) is 0 Å². The second-order valence-electron chi connectivity index (χ2n) is 20.9. The van der Waals surface area contributed by atoms with Crippen molar-refractivity contribution >= 4 is 0 Å². The van der Waals surface area contributed by atoms with Gasteiger partial charge in [0.15, 0.2) is 11.6 Å². The first-order valence-electron chi connectivity index (χ1n) is 20.4. The minimum atomic E-state index is -0.928. The van der Waals surface area contributed by atoms with Crippen molar-refractivity contribution in [3.8, 4) is 0 Å². The Labute approximate surface area is 302 Å². The molecule has 6 saturated carbocycles. The Kier molecular flexibility index (Phi) is 8.81. The van der Waals surface area contributed by atoms with Crippen LogP contribution in [0.4, 0.5) is 0 Å². The molecule has 0 spiro atoms. The molecule has 0 aromatic carbocycles. The Balaban J connectivity index is 0.000000157. The van der Waals surface area contributed by atoms with Gasteiger partial charge in [0, 0.05) is 10.8 Å². The van der Waals surface area contributed by atoms with Gasteiger partial charge in [-0.15, -0.1) is 0 Å². The molecule has 0 unspecified atom stereocenters. The summed E-state index contributed by atoms with van der Waals surface area (Å²) in [7, 11) is 0. The fourth-order valence-corrected chi connectivity index (χ4v) is 14.9. The van der Waals surface area contributed by atoms with Crippen LogP contribution in [0.5, 0.6) is 0 Å². The first-order valence-corrected chi connectivity index (χ1v) is 20.4. The zero-order chi connectivity index (χ0) is 36.6. The van der Waals surface area contributed by atoms with Crippen LogP contribution in [0.3, 0.4) is 0 Å². The van der Waals surface area contributed by atoms with Gasteiger partial charge < -0.3 is 39.4 Å². The van der Waals surface area contributed by atoms with Crippen molar-refractivity contribution in [2.45, 2.75) is 206 Å². The minimum Gasteiger partial charge on any atom is -0.390 e. The van der Waals surface area contributed by atoms with Crippen molar-refractivity contribution in [2.24, 2.45) is 44.3 Å². The summed E-state index contributed by atoms with van der Waals surface area (Å²) in [6, 6.07) is 0. The van der Waals surface area contributed by atoms with Gasteiger partial charge in [0.25, 0.3) is 0 Å².